The fourth-order valence-corrected chi connectivity index (χ4v) is 4.55. The van der Waals surface area contributed by atoms with Gasteiger partial charge in [-0.2, -0.15) is 18.4 Å². The van der Waals surface area contributed by atoms with Crippen LogP contribution in [0.15, 0.2) is 24.3 Å². The maximum absolute atomic E-state index is 13.2. The van der Waals surface area contributed by atoms with Gasteiger partial charge in [-0.25, -0.2) is 9.78 Å². The van der Waals surface area contributed by atoms with E-state index in [0.29, 0.717) is 10.7 Å². The molecule has 1 aliphatic carbocycles. The molecule has 2 heterocycles. The number of hydrogen-bond donors (Lipinski definition) is 1. The van der Waals surface area contributed by atoms with E-state index in [1.165, 1.54) is 44.2 Å². The van der Waals surface area contributed by atoms with E-state index in [2.05, 4.69) is 15.2 Å². The van der Waals surface area contributed by atoms with Crippen LogP contribution in [0.5, 0.6) is 0 Å². The first-order valence-corrected chi connectivity index (χ1v) is 12.2. The number of aliphatic carboxylic acids is 1. The number of hydrogen-bond acceptors (Lipinski definition) is 9. The summed E-state index contributed by atoms with van der Waals surface area (Å²) in [6, 6.07) is 6.77. The van der Waals surface area contributed by atoms with Crippen molar-refractivity contribution in [1.29, 1.82) is 5.26 Å². The highest BCUT2D eigenvalue weighted by Crippen LogP contribution is 2.49. The highest BCUT2D eigenvalue weighted by atomic mass is 32.1. The number of alkyl halides is 3. The molecule has 0 saturated heterocycles. The predicted molar refractivity (Wildman–Crippen MR) is 127 cm³/mol. The van der Waals surface area contributed by atoms with E-state index in [0.717, 1.165) is 34.6 Å². The second-order valence-corrected chi connectivity index (χ2v) is 10.4. The second-order valence-electron chi connectivity index (χ2n) is 9.36. The molecule has 10 nitrogen and oxygen atoms in total. The summed E-state index contributed by atoms with van der Waals surface area (Å²) in [6.07, 6.45) is -5.05. The average Bonchev–Trinajstić information content (AvgIpc) is 3.45. The molecular formula is C24H22F3N5O5S. The van der Waals surface area contributed by atoms with Crippen molar-refractivity contribution in [2.75, 3.05) is 6.61 Å². The third kappa shape index (κ3) is 5.77. The Labute approximate surface area is 218 Å². The van der Waals surface area contributed by atoms with Gasteiger partial charge in [0.05, 0.1) is 11.0 Å². The molecule has 0 bridgehead atoms. The van der Waals surface area contributed by atoms with E-state index in [1.54, 1.807) is 0 Å². The van der Waals surface area contributed by atoms with Crippen LogP contribution in [0.1, 0.15) is 61.9 Å². The Balaban J connectivity index is 1.61. The molecule has 1 N–H and O–H groups in total. The fourth-order valence-electron chi connectivity index (χ4n) is 3.32. The van der Waals surface area contributed by atoms with Crippen LogP contribution >= 0.6 is 11.3 Å². The number of carbonyl (C=O) groups is 2. The first kappa shape index (κ1) is 27.1. The second kappa shape index (κ2) is 10.1. The monoisotopic (exact) mass is 549 g/mol. The molecule has 1 atom stereocenters. The fraction of sp³-hybridized carbons (Fsp3) is 0.417. The number of thiazole rings is 1. The molecule has 38 heavy (non-hydrogen) atoms. The van der Waals surface area contributed by atoms with Crippen LogP contribution in [0.4, 0.5) is 18.0 Å². The maximum atomic E-state index is 13.2. The van der Waals surface area contributed by atoms with Gasteiger partial charge in [-0.15, -0.1) is 26.3 Å². The number of rotatable bonds is 8. The Morgan fingerprint density at radius 1 is 1.26 bits per heavy atom. The Morgan fingerprint density at radius 2 is 1.97 bits per heavy atom. The highest BCUT2D eigenvalue weighted by Gasteiger charge is 2.35. The summed E-state index contributed by atoms with van der Waals surface area (Å²) in [5.41, 5.74) is -1.50. The minimum absolute atomic E-state index is 0.108. The van der Waals surface area contributed by atoms with E-state index < -0.39 is 42.1 Å². The van der Waals surface area contributed by atoms with Crippen LogP contribution in [0.25, 0.3) is 22.0 Å². The number of carbonyl (C=O) groups excluding carboxylic acids is 1. The van der Waals surface area contributed by atoms with Gasteiger partial charge in [-0.05, 0) is 51.7 Å². The van der Waals surface area contributed by atoms with Gasteiger partial charge in [0.1, 0.15) is 23.4 Å². The minimum atomic E-state index is -4.51. The Morgan fingerprint density at radius 3 is 2.58 bits per heavy atom. The van der Waals surface area contributed by atoms with Crippen LogP contribution in [0, 0.1) is 16.7 Å². The number of carboxylic acid groups (broad SMARTS) is 1. The van der Waals surface area contributed by atoms with Crippen LogP contribution < -0.4 is 0 Å². The number of carboxylic acids is 1. The molecule has 200 valence electrons. The summed E-state index contributed by atoms with van der Waals surface area (Å²) in [5.74, 6) is -1.02. The van der Waals surface area contributed by atoms with E-state index in [-0.39, 0.29) is 22.9 Å². The van der Waals surface area contributed by atoms with E-state index in [4.69, 9.17) is 14.6 Å². The zero-order valence-corrected chi connectivity index (χ0v) is 21.3. The number of nitriles is 1. The zero-order chi connectivity index (χ0) is 27.8. The molecule has 3 aromatic rings. The predicted octanol–water partition coefficient (Wildman–Crippen LogP) is 5.62. The van der Waals surface area contributed by atoms with Gasteiger partial charge < -0.3 is 14.6 Å². The average molecular weight is 550 g/mol. The lowest BCUT2D eigenvalue weighted by atomic mass is 9.95. The van der Waals surface area contributed by atoms with Gasteiger partial charge in [0.2, 0.25) is 6.23 Å². The maximum Gasteiger partial charge on any atom is 0.510 e. The smallest absolute Gasteiger partial charge is 0.481 e. The van der Waals surface area contributed by atoms with Crippen LogP contribution in [0.3, 0.4) is 0 Å². The molecule has 1 aromatic carbocycles. The SMILES string of the molecule is CC(OC(=O)OCC(C)(C)C(=O)O)n1nc(C#N)c(-c2nc(-c3cccc(C(F)(F)F)c3)sc2C2CC2)n1. The summed E-state index contributed by atoms with van der Waals surface area (Å²) in [7, 11) is 0. The lowest BCUT2D eigenvalue weighted by Crippen LogP contribution is -2.31. The molecule has 0 aliphatic heterocycles. The highest BCUT2D eigenvalue weighted by molar-refractivity contribution is 7.15. The minimum Gasteiger partial charge on any atom is -0.481 e. The lowest BCUT2D eigenvalue weighted by molar-refractivity contribution is -0.149. The first-order chi connectivity index (χ1) is 17.8. The third-order valence-corrected chi connectivity index (χ3v) is 6.99. The summed E-state index contributed by atoms with van der Waals surface area (Å²) in [4.78, 5) is 29.6. The molecule has 0 spiro atoms. The van der Waals surface area contributed by atoms with E-state index >= 15 is 0 Å². The van der Waals surface area contributed by atoms with E-state index in [9.17, 15) is 28.0 Å². The number of halogens is 3. The topological polar surface area (TPSA) is 140 Å². The van der Waals surface area contributed by atoms with Crippen molar-refractivity contribution in [1.82, 2.24) is 20.0 Å². The Bertz CT molecular complexity index is 1420. The van der Waals surface area contributed by atoms with Gasteiger partial charge in [0, 0.05) is 10.4 Å². The third-order valence-electron chi connectivity index (χ3n) is 5.72. The molecule has 1 aliphatic rings. The van der Waals surface area contributed by atoms with Crippen molar-refractivity contribution in [3.8, 4) is 28.0 Å². The van der Waals surface area contributed by atoms with Crippen LogP contribution in [-0.4, -0.2) is 43.8 Å². The van der Waals surface area contributed by atoms with Crippen molar-refractivity contribution in [3.05, 3.63) is 40.4 Å². The van der Waals surface area contributed by atoms with Crippen molar-refractivity contribution in [2.24, 2.45) is 5.41 Å². The first-order valence-electron chi connectivity index (χ1n) is 11.4. The molecular weight excluding hydrogens is 527 g/mol. The van der Waals surface area contributed by atoms with Crippen LogP contribution in [-0.2, 0) is 20.4 Å². The Hall–Kier alpha value is -3.99. The summed E-state index contributed by atoms with van der Waals surface area (Å²) in [6.45, 7) is 3.75. The van der Waals surface area contributed by atoms with Crippen molar-refractivity contribution < 1.29 is 37.3 Å². The quantitative estimate of drug-likeness (QED) is 0.355. The molecule has 0 radical (unpaired) electrons. The molecule has 14 heteroatoms. The molecule has 2 aromatic heterocycles. The summed E-state index contributed by atoms with van der Waals surface area (Å²) >= 11 is 1.24. The lowest BCUT2D eigenvalue weighted by Gasteiger charge is -2.19. The van der Waals surface area contributed by atoms with Crippen molar-refractivity contribution >= 4 is 23.5 Å². The van der Waals surface area contributed by atoms with Gasteiger partial charge in [-0.3, -0.25) is 4.79 Å². The molecule has 0 amide bonds. The van der Waals surface area contributed by atoms with Gasteiger partial charge >= 0.3 is 18.3 Å². The molecule has 1 unspecified atom stereocenters. The summed E-state index contributed by atoms with van der Waals surface area (Å²) in [5, 5.41) is 27.5. The molecule has 4 rings (SSSR count). The summed E-state index contributed by atoms with van der Waals surface area (Å²) < 4.78 is 49.7. The van der Waals surface area contributed by atoms with Crippen LogP contribution in [0.2, 0.25) is 0 Å². The zero-order valence-electron chi connectivity index (χ0n) is 20.4. The normalized spacial score (nSPS) is 14.6. The van der Waals surface area contributed by atoms with Crippen molar-refractivity contribution in [2.45, 2.75) is 51.9 Å². The van der Waals surface area contributed by atoms with Gasteiger partial charge in [-0.1, -0.05) is 12.1 Å². The largest absolute Gasteiger partial charge is 0.510 e. The Kier molecular flexibility index (Phi) is 7.16. The van der Waals surface area contributed by atoms with Gasteiger partial charge in [0.15, 0.2) is 11.4 Å². The number of aromatic nitrogens is 4. The molecule has 1 fully saturated rings. The molecule has 1 saturated carbocycles. The number of ether oxygens (including phenoxy) is 2. The van der Waals surface area contributed by atoms with Crippen molar-refractivity contribution in [3.63, 3.8) is 0 Å². The number of benzene rings is 1. The standard InChI is InChI=1S/C24H22F3N5O5S/c1-12(37-22(35)36-11-23(2,3)21(33)34)32-30-16(10-28)17(31-32)18-19(13-7-8-13)38-20(29-18)14-5-4-6-15(9-14)24(25,26)27/h4-6,9,12-13H,7-8,11H2,1-3H3,(H,33,34). The van der Waals surface area contributed by atoms with Gasteiger partial charge in [0.25, 0.3) is 0 Å². The van der Waals surface area contributed by atoms with E-state index in [1.807, 2.05) is 6.07 Å². The number of nitrogens with zero attached hydrogens (tertiary/aromatic N) is 5.